The summed E-state index contributed by atoms with van der Waals surface area (Å²) < 4.78 is 4.96. The Morgan fingerprint density at radius 2 is 2.24 bits per heavy atom. The fraction of sp³-hybridized carbons (Fsp3) is 0.364. The molecule has 1 aromatic heterocycles. The van der Waals surface area contributed by atoms with E-state index in [-0.39, 0.29) is 24.8 Å². The van der Waals surface area contributed by atoms with E-state index in [1.54, 1.807) is 12.1 Å². The lowest BCUT2D eigenvalue weighted by Gasteiger charge is -2.23. The van der Waals surface area contributed by atoms with Crippen LogP contribution < -0.4 is 5.73 Å². The molecular formula is C11H13N3O3. The van der Waals surface area contributed by atoms with E-state index in [1.165, 1.54) is 13.3 Å². The Bertz CT molecular complexity index is 426. The Labute approximate surface area is 98.4 Å². The average Bonchev–Trinajstić information content (AvgIpc) is 2.61. The van der Waals surface area contributed by atoms with Crippen molar-refractivity contribution in [2.24, 2.45) is 5.73 Å². The first-order valence-electron chi connectivity index (χ1n) is 5.22. The Hall–Kier alpha value is -1.79. The van der Waals surface area contributed by atoms with Crippen LogP contribution in [0, 0.1) is 0 Å². The summed E-state index contributed by atoms with van der Waals surface area (Å²) in [5.74, 6) is -0.760. The molecule has 1 atom stereocenters. The van der Waals surface area contributed by atoms with Crippen LogP contribution in [-0.2, 0) is 4.74 Å². The highest BCUT2D eigenvalue weighted by Crippen LogP contribution is 2.22. The van der Waals surface area contributed by atoms with E-state index in [0.717, 1.165) is 4.90 Å². The van der Waals surface area contributed by atoms with E-state index in [1.807, 2.05) is 0 Å². The van der Waals surface area contributed by atoms with Crippen LogP contribution in [0.4, 0.5) is 0 Å². The molecule has 1 aromatic rings. The zero-order valence-corrected chi connectivity index (χ0v) is 9.42. The lowest BCUT2D eigenvalue weighted by atomic mass is 10.2. The molecule has 0 bridgehead atoms. The predicted octanol–water partition coefficient (Wildman–Crippen LogP) is -0.349. The monoisotopic (exact) mass is 235 g/mol. The first-order valence-corrected chi connectivity index (χ1v) is 5.22. The maximum atomic E-state index is 12.0. The molecule has 17 heavy (non-hydrogen) atoms. The minimum Gasteiger partial charge on any atom is -0.382 e. The maximum Gasteiger partial charge on any atom is 0.280 e. The molecule has 90 valence electrons. The van der Waals surface area contributed by atoms with Gasteiger partial charge in [0.1, 0.15) is 5.69 Å². The second kappa shape index (κ2) is 4.60. The van der Waals surface area contributed by atoms with Crippen molar-refractivity contribution in [2.75, 3.05) is 20.3 Å². The van der Waals surface area contributed by atoms with E-state index < -0.39 is 11.9 Å². The molecule has 2 amide bonds. The van der Waals surface area contributed by atoms with Crippen LogP contribution in [0.5, 0.6) is 0 Å². The van der Waals surface area contributed by atoms with Crippen LogP contribution in [0.15, 0.2) is 18.3 Å². The molecule has 0 spiro atoms. The molecule has 2 rings (SSSR count). The Morgan fingerprint density at radius 3 is 2.82 bits per heavy atom. The first-order chi connectivity index (χ1) is 8.20. The Kier molecular flexibility index (Phi) is 3.16. The van der Waals surface area contributed by atoms with Gasteiger partial charge in [0.2, 0.25) is 0 Å². The fourth-order valence-corrected chi connectivity index (χ4v) is 1.86. The van der Waals surface area contributed by atoms with Crippen molar-refractivity contribution >= 4 is 11.8 Å². The lowest BCUT2D eigenvalue weighted by Crippen LogP contribution is -2.46. The zero-order valence-electron chi connectivity index (χ0n) is 9.42. The molecule has 0 radical (unpaired) electrons. The van der Waals surface area contributed by atoms with Crippen molar-refractivity contribution in [2.45, 2.75) is 6.04 Å². The lowest BCUT2D eigenvalue weighted by molar-refractivity contribution is 0.0482. The topological polar surface area (TPSA) is 85.5 Å². The van der Waals surface area contributed by atoms with Gasteiger partial charge in [0.15, 0.2) is 0 Å². The van der Waals surface area contributed by atoms with E-state index in [9.17, 15) is 9.59 Å². The summed E-state index contributed by atoms with van der Waals surface area (Å²) in [6.45, 7) is 0.390. The molecule has 0 saturated heterocycles. The molecule has 1 aliphatic heterocycles. The summed E-state index contributed by atoms with van der Waals surface area (Å²) in [5, 5.41) is 0. The van der Waals surface area contributed by atoms with Crippen LogP contribution in [-0.4, -0.2) is 48.0 Å². The smallest absolute Gasteiger partial charge is 0.280 e. The highest BCUT2D eigenvalue weighted by Gasteiger charge is 2.40. The normalized spacial score (nSPS) is 16.2. The molecule has 6 heteroatoms. The van der Waals surface area contributed by atoms with E-state index >= 15 is 0 Å². The summed E-state index contributed by atoms with van der Waals surface area (Å²) in [4.78, 5) is 29.1. The third-order valence-corrected chi connectivity index (χ3v) is 2.67. The molecular weight excluding hydrogens is 222 g/mol. The third kappa shape index (κ3) is 1.81. The summed E-state index contributed by atoms with van der Waals surface area (Å²) in [5.41, 5.74) is 6.06. The number of hydrogen-bond acceptors (Lipinski definition) is 5. The molecule has 0 fully saturated rings. The second-order valence-electron chi connectivity index (χ2n) is 3.72. The highest BCUT2D eigenvalue weighted by molar-refractivity contribution is 6.20. The molecule has 0 aromatic carbocycles. The van der Waals surface area contributed by atoms with Gasteiger partial charge in [-0.2, -0.15) is 0 Å². The number of amides is 2. The molecule has 2 heterocycles. The number of aromatic nitrogens is 1. The van der Waals surface area contributed by atoms with Gasteiger partial charge in [-0.05, 0) is 12.1 Å². The second-order valence-corrected chi connectivity index (χ2v) is 3.72. The number of imide groups is 1. The summed E-state index contributed by atoms with van der Waals surface area (Å²) in [6, 6.07) is 2.76. The van der Waals surface area contributed by atoms with Gasteiger partial charge in [-0.3, -0.25) is 19.5 Å². The predicted molar refractivity (Wildman–Crippen MR) is 59.5 cm³/mol. The molecule has 1 aliphatic rings. The number of methoxy groups -OCH3 is 1. The Morgan fingerprint density at radius 1 is 1.47 bits per heavy atom. The largest absolute Gasteiger partial charge is 0.382 e. The number of rotatable bonds is 4. The summed E-state index contributed by atoms with van der Waals surface area (Å²) in [6.07, 6.45) is 1.49. The zero-order chi connectivity index (χ0) is 12.4. The number of nitrogens with two attached hydrogens (primary N) is 1. The quantitative estimate of drug-likeness (QED) is 0.721. The van der Waals surface area contributed by atoms with Crippen molar-refractivity contribution < 1.29 is 14.3 Å². The number of carbonyl (C=O) groups is 2. The van der Waals surface area contributed by atoms with Gasteiger partial charge in [0.25, 0.3) is 11.8 Å². The van der Waals surface area contributed by atoms with Gasteiger partial charge >= 0.3 is 0 Å². The van der Waals surface area contributed by atoms with Crippen LogP contribution in [0.3, 0.4) is 0 Å². The van der Waals surface area contributed by atoms with Gasteiger partial charge < -0.3 is 10.5 Å². The van der Waals surface area contributed by atoms with Crippen molar-refractivity contribution in [3.8, 4) is 0 Å². The number of ether oxygens (including phenoxy) is 1. The summed E-state index contributed by atoms with van der Waals surface area (Å²) >= 11 is 0. The fourth-order valence-electron chi connectivity index (χ4n) is 1.86. The summed E-state index contributed by atoms with van der Waals surface area (Å²) in [7, 11) is 1.50. The number of nitrogens with zero attached hydrogens (tertiary/aromatic N) is 2. The van der Waals surface area contributed by atoms with Crippen LogP contribution in [0.1, 0.15) is 20.8 Å². The number of pyridine rings is 1. The molecule has 0 saturated carbocycles. The van der Waals surface area contributed by atoms with Crippen LogP contribution in [0.25, 0.3) is 0 Å². The van der Waals surface area contributed by atoms with Crippen molar-refractivity contribution in [1.82, 2.24) is 9.88 Å². The maximum absolute atomic E-state index is 12.0. The molecule has 6 nitrogen and oxygen atoms in total. The van der Waals surface area contributed by atoms with E-state index in [0.29, 0.717) is 5.56 Å². The third-order valence-electron chi connectivity index (χ3n) is 2.67. The first kappa shape index (κ1) is 11.7. The average molecular weight is 235 g/mol. The molecule has 1 unspecified atom stereocenters. The van der Waals surface area contributed by atoms with Crippen molar-refractivity contribution in [3.05, 3.63) is 29.6 Å². The standard InChI is InChI=1S/C11H13N3O3/c1-17-6-7(5-12)14-10(15)8-3-2-4-13-9(8)11(14)16/h2-4,7H,5-6,12H2,1H3. The van der Waals surface area contributed by atoms with Crippen LogP contribution >= 0.6 is 0 Å². The van der Waals surface area contributed by atoms with Gasteiger partial charge in [0.05, 0.1) is 18.2 Å². The Balaban J connectivity index is 2.35. The highest BCUT2D eigenvalue weighted by atomic mass is 16.5. The SMILES string of the molecule is COCC(CN)N1C(=O)c2cccnc2C1=O. The number of carbonyl (C=O) groups excluding carboxylic acids is 2. The van der Waals surface area contributed by atoms with Gasteiger partial charge in [-0.1, -0.05) is 0 Å². The van der Waals surface area contributed by atoms with Crippen molar-refractivity contribution in [3.63, 3.8) is 0 Å². The minimum absolute atomic E-state index is 0.166. The van der Waals surface area contributed by atoms with E-state index in [2.05, 4.69) is 4.98 Å². The van der Waals surface area contributed by atoms with Gasteiger partial charge in [0, 0.05) is 19.9 Å². The van der Waals surface area contributed by atoms with E-state index in [4.69, 9.17) is 10.5 Å². The van der Waals surface area contributed by atoms with Crippen LogP contribution in [0.2, 0.25) is 0 Å². The minimum atomic E-state index is -0.450. The molecule has 2 N–H and O–H groups in total. The van der Waals surface area contributed by atoms with Gasteiger partial charge in [-0.25, -0.2) is 0 Å². The number of hydrogen-bond donors (Lipinski definition) is 1. The van der Waals surface area contributed by atoms with Gasteiger partial charge in [-0.15, -0.1) is 0 Å². The molecule has 0 aliphatic carbocycles. The number of fused-ring (bicyclic) bond motifs is 1. The van der Waals surface area contributed by atoms with Crippen molar-refractivity contribution in [1.29, 1.82) is 0 Å².